The van der Waals surface area contributed by atoms with Gasteiger partial charge in [-0.05, 0) is 6.92 Å². The molecule has 0 saturated heterocycles. The fraction of sp³-hybridized carbons (Fsp3) is 0.500. The van der Waals surface area contributed by atoms with Crippen LogP contribution in [-0.4, -0.2) is 11.8 Å². The monoisotopic (exact) mass is 98.0 g/mol. The highest BCUT2D eigenvalue weighted by molar-refractivity contribution is 5.67. The van der Waals surface area contributed by atoms with Crippen LogP contribution in [0.3, 0.4) is 0 Å². The Morgan fingerprint density at radius 1 is 2.00 bits per heavy atom. The Morgan fingerprint density at radius 2 is 2.43 bits per heavy atom. The molecule has 0 aliphatic rings. The molecule has 0 saturated carbocycles. The van der Waals surface area contributed by atoms with E-state index in [-0.39, 0.29) is 0 Å². The minimum absolute atomic E-state index is 0.410. The van der Waals surface area contributed by atoms with Crippen molar-refractivity contribution >= 4 is 6.29 Å². The largest absolute Gasteiger partial charge is 0.308 e. The first-order valence-corrected chi connectivity index (χ1v) is 1.79. The van der Waals surface area contributed by atoms with Crippen LogP contribution < -0.4 is 5.73 Å². The molecular weight excluding hydrogens is 92.1 g/mol. The summed E-state index contributed by atoms with van der Waals surface area (Å²) in [7, 11) is 0. The molecule has 0 rings (SSSR count). The van der Waals surface area contributed by atoms with Crippen molar-refractivity contribution < 1.29 is 4.79 Å². The van der Waals surface area contributed by atoms with Gasteiger partial charge in [-0.2, -0.15) is 5.26 Å². The molecule has 7 heavy (non-hydrogen) atoms. The first-order valence-electron chi connectivity index (χ1n) is 1.79. The minimum Gasteiger partial charge on any atom is -0.308 e. The number of nitriles is 1. The van der Waals surface area contributed by atoms with Gasteiger partial charge in [-0.1, -0.05) is 0 Å². The number of aldehydes is 1. The van der Waals surface area contributed by atoms with Crippen molar-refractivity contribution in [2.24, 2.45) is 5.73 Å². The summed E-state index contributed by atoms with van der Waals surface area (Å²) in [6, 6.07) is 1.60. The fourth-order valence-electron chi connectivity index (χ4n) is 0.0264. The predicted molar refractivity (Wildman–Crippen MR) is 24.3 cm³/mol. The topological polar surface area (TPSA) is 66.9 Å². The summed E-state index contributed by atoms with van der Waals surface area (Å²) >= 11 is 0. The van der Waals surface area contributed by atoms with Gasteiger partial charge in [0.1, 0.15) is 0 Å². The van der Waals surface area contributed by atoms with Gasteiger partial charge in [0.2, 0.25) is 0 Å². The summed E-state index contributed by atoms with van der Waals surface area (Å²) in [5, 5.41) is 7.99. The molecular formula is C4H6N2O. The van der Waals surface area contributed by atoms with E-state index in [0.717, 1.165) is 0 Å². The van der Waals surface area contributed by atoms with Gasteiger partial charge in [0.15, 0.2) is 11.8 Å². The lowest BCUT2D eigenvalue weighted by molar-refractivity contribution is -0.110. The number of hydrogen-bond acceptors (Lipinski definition) is 3. The lowest BCUT2D eigenvalue weighted by Crippen LogP contribution is -2.35. The van der Waals surface area contributed by atoms with Crippen molar-refractivity contribution in [2.75, 3.05) is 0 Å². The molecule has 0 radical (unpaired) electrons. The number of nitrogens with two attached hydrogens (primary N) is 1. The summed E-state index contributed by atoms with van der Waals surface area (Å²) in [6.07, 6.45) is 0.410. The number of nitrogens with zero attached hydrogens (tertiary/aromatic N) is 1. The second-order valence-electron chi connectivity index (χ2n) is 1.51. The van der Waals surface area contributed by atoms with E-state index in [0.29, 0.717) is 6.29 Å². The van der Waals surface area contributed by atoms with Crippen LogP contribution in [0.5, 0.6) is 0 Å². The molecule has 0 aromatic rings. The predicted octanol–water partition coefficient (Wildman–Crippen LogP) is -0.574. The average Bonchev–Trinajstić information content (AvgIpc) is 1.68. The van der Waals surface area contributed by atoms with E-state index in [1.165, 1.54) is 6.92 Å². The molecule has 0 aromatic carbocycles. The summed E-state index contributed by atoms with van der Waals surface area (Å²) in [5.41, 5.74) is 3.69. The van der Waals surface area contributed by atoms with Gasteiger partial charge in [0.25, 0.3) is 0 Å². The van der Waals surface area contributed by atoms with Crippen molar-refractivity contribution in [1.29, 1.82) is 5.26 Å². The lowest BCUT2D eigenvalue weighted by Gasteiger charge is -2.00. The number of rotatable bonds is 1. The normalized spacial score (nSPS) is 16.7. The van der Waals surface area contributed by atoms with Gasteiger partial charge in [-0.15, -0.1) is 0 Å². The molecule has 3 nitrogen and oxygen atoms in total. The molecule has 2 N–H and O–H groups in total. The maximum absolute atomic E-state index is 9.71. The smallest absolute Gasteiger partial charge is 0.157 e. The first-order chi connectivity index (χ1) is 3.12. The second kappa shape index (κ2) is 1.71. The van der Waals surface area contributed by atoms with Crippen LogP contribution in [0.1, 0.15) is 6.92 Å². The summed E-state index contributed by atoms with van der Waals surface area (Å²) < 4.78 is 0. The van der Waals surface area contributed by atoms with Crippen molar-refractivity contribution in [3.8, 4) is 6.07 Å². The molecule has 0 aromatic heterocycles. The van der Waals surface area contributed by atoms with Crippen LogP contribution in [-0.2, 0) is 4.79 Å². The molecule has 0 fully saturated rings. The van der Waals surface area contributed by atoms with Crippen LogP contribution in [0.15, 0.2) is 0 Å². The highest BCUT2D eigenvalue weighted by Gasteiger charge is 2.13. The number of carbonyl (C=O) groups is 1. The van der Waals surface area contributed by atoms with E-state index < -0.39 is 5.54 Å². The van der Waals surface area contributed by atoms with Crippen LogP contribution in [0.4, 0.5) is 0 Å². The van der Waals surface area contributed by atoms with E-state index in [2.05, 4.69) is 0 Å². The fourth-order valence-corrected chi connectivity index (χ4v) is 0.0264. The maximum Gasteiger partial charge on any atom is 0.157 e. The quantitative estimate of drug-likeness (QED) is 0.446. The van der Waals surface area contributed by atoms with E-state index in [9.17, 15) is 4.79 Å². The van der Waals surface area contributed by atoms with E-state index >= 15 is 0 Å². The molecule has 0 amide bonds. The lowest BCUT2D eigenvalue weighted by atomic mass is 10.1. The summed E-state index contributed by atoms with van der Waals surface area (Å²) in [4.78, 5) is 9.71. The molecule has 0 unspecified atom stereocenters. The van der Waals surface area contributed by atoms with Crippen LogP contribution in [0, 0.1) is 11.3 Å². The molecule has 0 heterocycles. The number of hydrogen-bond donors (Lipinski definition) is 1. The van der Waals surface area contributed by atoms with Crippen molar-refractivity contribution in [3.05, 3.63) is 0 Å². The third-order valence-corrected chi connectivity index (χ3v) is 0.486. The molecule has 0 aliphatic carbocycles. The third kappa shape index (κ3) is 1.90. The van der Waals surface area contributed by atoms with Gasteiger partial charge < -0.3 is 10.5 Å². The highest BCUT2D eigenvalue weighted by atomic mass is 16.1. The van der Waals surface area contributed by atoms with Crippen LogP contribution in [0.25, 0.3) is 0 Å². The zero-order chi connectivity index (χ0) is 5.91. The van der Waals surface area contributed by atoms with Crippen LogP contribution >= 0.6 is 0 Å². The number of carbonyl (C=O) groups excluding carboxylic acids is 1. The Hall–Kier alpha value is -0.880. The minimum atomic E-state index is -1.29. The van der Waals surface area contributed by atoms with E-state index in [1.807, 2.05) is 0 Å². The Morgan fingerprint density at radius 3 is 2.43 bits per heavy atom. The van der Waals surface area contributed by atoms with Crippen molar-refractivity contribution in [2.45, 2.75) is 12.5 Å². The zero-order valence-corrected chi connectivity index (χ0v) is 4.01. The van der Waals surface area contributed by atoms with Gasteiger partial charge in [-0.25, -0.2) is 0 Å². The molecule has 0 aliphatic heterocycles. The average molecular weight is 98.1 g/mol. The SMILES string of the molecule is C[C@](N)(C#N)C=O. The second-order valence-corrected chi connectivity index (χ2v) is 1.51. The molecule has 38 valence electrons. The molecule has 0 spiro atoms. The van der Waals surface area contributed by atoms with Gasteiger partial charge in [0, 0.05) is 0 Å². The highest BCUT2D eigenvalue weighted by Crippen LogP contribution is 1.86. The third-order valence-electron chi connectivity index (χ3n) is 0.486. The van der Waals surface area contributed by atoms with Gasteiger partial charge in [0.05, 0.1) is 6.07 Å². The van der Waals surface area contributed by atoms with Gasteiger partial charge >= 0.3 is 0 Å². The molecule has 3 heteroatoms. The Labute approximate surface area is 41.7 Å². The summed E-state index contributed by atoms with van der Waals surface area (Å²) in [5.74, 6) is 0. The zero-order valence-electron chi connectivity index (χ0n) is 4.01. The van der Waals surface area contributed by atoms with E-state index in [4.69, 9.17) is 11.0 Å². The first kappa shape index (κ1) is 6.12. The Kier molecular flexibility index (Phi) is 1.50. The van der Waals surface area contributed by atoms with Crippen LogP contribution in [0.2, 0.25) is 0 Å². The van der Waals surface area contributed by atoms with Crippen molar-refractivity contribution in [3.63, 3.8) is 0 Å². The molecule has 1 atom stereocenters. The standard InChI is InChI=1S/C4H6N2O/c1-4(6,2-5)3-7/h3H,6H2,1H3/t4-/m0/s1. The van der Waals surface area contributed by atoms with Crippen molar-refractivity contribution in [1.82, 2.24) is 0 Å². The molecule has 0 bridgehead atoms. The van der Waals surface area contributed by atoms with Gasteiger partial charge in [-0.3, -0.25) is 0 Å². The summed E-state index contributed by atoms with van der Waals surface area (Å²) in [6.45, 7) is 1.35. The van der Waals surface area contributed by atoms with E-state index in [1.54, 1.807) is 6.07 Å². The maximum atomic E-state index is 9.71. The Bertz CT molecular complexity index is 111. The Balaban J connectivity index is 3.91.